The number of halogens is 1. The molecule has 0 saturated heterocycles. The van der Waals surface area contributed by atoms with Crippen molar-refractivity contribution in [2.75, 3.05) is 5.75 Å². The highest BCUT2D eigenvalue weighted by atomic mass is 35.5. The van der Waals surface area contributed by atoms with Gasteiger partial charge in [-0.05, 0) is 0 Å². The lowest BCUT2D eigenvalue weighted by molar-refractivity contribution is 0.656. The van der Waals surface area contributed by atoms with Crippen LogP contribution in [0.5, 0.6) is 0 Å². The Bertz CT molecular complexity index is 349. The zero-order valence-corrected chi connectivity index (χ0v) is 7.15. The molecule has 1 aliphatic rings. The molecule has 0 aliphatic carbocycles. The summed E-state index contributed by atoms with van der Waals surface area (Å²) in [4.78, 5) is 15.2. The minimum absolute atomic E-state index is 0.0509. The molecular formula is C6H5ClN2OS. The van der Waals surface area contributed by atoms with Crippen LogP contribution in [-0.2, 0) is 6.54 Å². The Hall–Kier alpha value is -0.480. The predicted octanol–water partition coefficient (Wildman–Crippen LogP) is 1.00. The lowest BCUT2D eigenvalue weighted by Gasteiger charge is -1.98. The van der Waals surface area contributed by atoms with E-state index < -0.39 is 0 Å². The van der Waals surface area contributed by atoms with E-state index in [-0.39, 0.29) is 10.7 Å². The third-order valence-electron chi connectivity index (χ3n) is 1.49. The number of hydrogen-bond acceptors (Lipinski definition) is 3. The number of thioether (sulfide) groups is 1. The van der Waals surface area contributed by atoms with Crippen molar-refractivity contribution >= 4 is 23.4 Å². The van der Waals surface area contributed by atoms with Crippen molar-refractivity contribution in [2.24, 2.45) is 0 Å². The van der Waals surface area contributed by atoms with Crippen LogP contribution in [0.1, 0.15) is 0 Å². The molecule has 58 valence electrons. The number of aromatic nitrogens is 2. The van der Waals surface area contributed by atoms with E-state index in [9.17, 15) is 4.79 Å². The standard InChI is InChI=1S/C6H5ClN2OS/c7-4-3-5(10)9-1-2-11-6(9)8-4/h3H,1-2H2. The van der Waals surface area contributed by atoms with Gasteiger partial charge in [-0.15, -0.1) is 0 Å². The van der Waals surface area contributed by atoms with Gasteiger partial charge in [0.2, 0.25) is 0 Å². The Balaban J connectivity index is 2.70. The van der Waals surface area contributed by atoms with Crippen molar-refractivity contribution in [1.29, 1.82) is 0 Å². The first-order valence-corrected chi connectivity index (χ1v) is 4.54. The maximum absolute atomic E-state index is 11.2. The van der Waals surface area contributed by atoms with Gasteiger partial charge < -0.3 is 0 Å². The second kappa shape index (κ2) is 2.53. The van der Waals surface area contributed by atoms with Gasteiger partial charge in [-0.3, -0.25) is 9.36 Å². The molecule has 0 atom stereocenters. The first-order chi connectivity index (χ1) is 5.27. The second-order valence-corrected chi connectivity index (χ2v) is 3.65. The molecule has 2 rings (SSSR count). The third kappa shape index (κ3) is 1.16. The SMILES string of the molecule is O=c1cc(Cl)nc2n1CCS2. The summed E-state index contributed by atoms with van der Waals surface area (Å²) in [5.41, 5.74) is -0.0509. The van der Waals surface area contributed by atoms with Crippen molar-refractivity contribution < 1.29 is 0 Å². The van der Waals surface area contributed by atoms with E-state index in [1.165, 1.54) is 6.07 Å². The normalized spacial score (nSPS) is 15.0. The molecule has 3 nitrogen and oxygen atoms in total. The van der Waals surface area contributed by atoms with E-state index in [1.807, 2.05) is 0 Å². The van der Waals surface area contributed by atoms with Crippen LogP contribution in [0.4, 0.5) is 0 Å². The van der Waals surface area contributed by atoms with E-state index in [0.717, 1.165) is 17.5 Å². The van der Waals surface area contributed by atoms with Crippen LogP contribution in [-0.4, -0.2) is 15.3 Å². The molecular weight excluding hydrogens is 184 g/mol. The fourth-order valence-corrected chi connectivity index (χ4v) is 2.18. The first kappa shape index (κ1) is 7.18. The molecule has 0 fully saturated rings. The minimum atomic E-state index is -0.0509. The van der Waals surface area contributed by atoms with E-state index in [4.69, 9.17) is 11.6 Å². The molecule has 1 aliphatic heterocycles. The summed E-state index contributed by atoms with van der Waals surface area (Å²) >= 11 is 7.15. The molecule has 0 radical (unpaired) electrons. The van der Waals surface area contributed by atoms with Crippen molar-refractivity contribution in [2.45, 2.75) is 11.7 Å². The van der Waals surface area contributed by atoms with E-state index >= 15 is 0 Å². The molecule has 11 heavy (non-hydrogen) atoms. The first-order valence-electron chi connectivity index (χ1n) is 3.17. The van der Waals surface area contributed by atoms with Crippen LogP contribution in [0.25, 0.3) is 0 Å². The number of hydrogen-bond donors (Lipinski definition) is 0. The molecule has 0 N–H and O–H groups in total. The maximum atomic E-state index is 11.2. The van der Waals surface area contributed by atoms with Gasteiger partial charge in [-0.1, -0.05) is 23.4 Å². The van der Waals surface area contributed by atoms with Crippen molar-refractivity contribution in [3.63, 3.8) is 0 Å². The monoisotopic (exact) mass is 188 g/mol. The zero-order chi connectivity index (χ0) is 7.84. The van der Waals surface area contributed by atoms with Gasteiger partial charge in [0.25, 0.3) is 5.56 Å². The fraction of sp³-hybridized carbons (Fsp3) is 0.333. The summed E-state index contributed by atoms with van der Waals surface area (Å²) in [5, 5.41) is 1.03. The Labute approximate surface area is 72.4 Å². The topological polar surface area (TPSA) is 34.9 Å². The molecule has 0 spiro atoms. The number of rotatable bonds is 0. The van der Waals surface area contributed by atoms with Gasteiger partial charge in [0.1, 0.15) is 5.15 Å². The molecule has 0 aromatic carbocycles. The van der Waals surface area contributed by atoms with E-state index in [0.29, 0.717) is 0 Å². The number of fused-ring (bicyclic) bond motifs is 1. The van der Waals surface area contributed by atoms with Crippen LogP contribution < -0.4 is 5.56 Å². The van der Waals surface area contributed by atoms with Crippen LogP contribution in [0, 0.1) is 0 Å². The molecule has 0 unspecified atom stereocenters. The summed E-state index contributed by atoms with van der Waals surface area (Å²) in [7, 11) is 0. The molecule has 0 saturated carbocycles. The molecule has 2 heterocycles. The predicted molar refractivity (Wildman–Crippen MR) is 44.2 cm³/mol. The Morgan fingerprint density at radius 3 is 3.36 bits per heavy atom. The smallest absolute Gasteiger partial charge is 0.255 e. The van der Waals surface area contributed by atoms with Crippen molar-refractivity contribution in [1.82, 2.24) is 9.55 Å². The highest BCUT2D eigenvalue weighted by Crippen LogP contribution is 2.21. The summed E-state index contributed by atoms with van der Waals surface area (Å²) in [6.07, 6.45) is 0. The highest BCUT2D eigenvalue weighted by molar-refractivity contribution is 7.99. The van der Waals surface area contributed by atoms with Gasteiger partial charge >= 0.3 is 0 Å². The minimum Gasteiger partial charge on any atom is -0.287 e. The molecule has 1 aromatic heterocycles. The Morgan fingerprint density at radius 2 is 2.55 bits per heavy atom. The number of nitrogens with zero attached hydrogens (tertiary/aromatic N) is 2. The van der Waals surface area contributed by atoms with E-state index in [1.54, 1.807) is 16.3 Å². The van der Waals surface area contributed by atoms with Gasteiger partial charge in [0.05, 0.1) is 0 Å². The average molecular weight is 189 g/mol. The Kier molecular flexibility index (Phi) is 1.65. The lowest BCUT2D eigenvalue weighted by atomic mass is 10.6. The average Bonchev–Trinajstić information content (AvgIpc) is 2.34. The fourth-order valence-electron chi connectivity index (χ4n) is 1.00. The molecule has 0 amide bonds. The summed E-state index contributed by atoms with van der Waals surface area (Å²) in [6.45, 7) is 0.753. The highest BCUT2D eigenvalue weighted by Gasteiger charge is 2.13. The molecule has 1 aromatic rings. The molecule has 5 heteroatoms. The maximum Gasteiger partial charge on any atom is 0.255 e. The van der Waals surface area contributed by atoms with Crippen molar-refractivity contribution in [3.8, 4) is 0 Å². The van der Waals surface area contributed by atoms with Crippen LogP contribution >= 0.6 is 23.4 Å². The summed E-state index contributed by atoms with van der Waals surface area (Å²) < 4.78 is 1.64. The van der Waals surface area contributed by atoms with Gasteiger partial charge in [0.15, 0.2) is 5.16 Å². The lowest BCUT2D eigenvalue weighted by Crippen LogP contribution is -2.18. The van der Waals surface area contributed by atoms with Gasteiger partial charge in [0, 0.05) is 18.4 Å². The Morgan fingerprint density at radius 1 is 1.73 bits per heavy atom. The summed E-state index contributed by atoms with van der Waals surface area (Å²) in [6, 6.07) is 1.34. The quantitative estimate of drug-likeness (QED) is 0.450. The van der Waals surface area contributed by atoms with Gasteiger partial charge in [-0.25, -0.2) is 4.98 Å². The summed E-state index contributed by atoms with van der Waals surface area (Å²) in [5.74, 6) is 0.919. The van der Waals surface area contributed by atoms with Crippen LogP contribution in [0.3, 0.4) is 0 Å². The van der Waals surface area contributed by atoms with Gasteiger partial charge in [-0.2, -0.15) is 0 Å². The largest absolute Gasteiger partial charge is 0.287 e. The zero-order valence-electron chi connectivity index (χ0n) is 5.58. The van der Waals surface area contributed by atoms with Crippen molar-refractivity contribution in [3.05, 3.63) is 21.6 Å². The van der Waals surface area contributed by atoms with Crippen LogP contribution in [0.2, 0.25) is 5.15 Å². The van der Waals surface area contributed by atoms with Crippen LogP contribution in [0.15, 0.2) is 16.0 Å². The second-order valence-electron chi connectivity index (χ2n) is 2.20. The van der Waals surface area contributed by atoms with E-state index in [2.05, 4.69) is 4.98 Å². The third-order valence-corrected chi connectivity index (χ3v) is 2.64. The molecule has 0 bridgehead atoms.